The number of hydrogen-bond donors (Lipinski definition) is 1. The van der Waals surface area contributed by atoms with Crippen molar-refractivity contribution in [3.8, 4) is 0 Å². The van der Waals surface area contributed by atoms with Gasteiger partial charge in [0.25, 0.3) is 0 Å². The molecule has 1 saturated carbocycles. The molecule has 5 heteroatoms. The minimum atomic E-state index is -0.277. The Hall–Kier alpha value is -1.20. The largest absolute Gasteiger partial charge is 0.465 e. The van der Waals surface area contributed by atoms with Gasteiger partial charge in [0.15, 0.2) is 0 Å². The molecule has 0 atom stereocenters. The van der Waals surface area contributed by atoms with Crippen molar-refractivity contribution >= 4 is 23.4 Å². The lowest BCUT2D eigenvalue weighted by molar-refractivity contribution is 0.0601. The number of piperidine rings is 1. The highest BCUT2D eigenvalue weighted by Crippen LogP contribution is 2.54. The molecule has 120 valence electrons. The second-order valence-corrected chi connectivity index (χ2v) is 7.40. The van der Waals surface area contributed by atoms with E-state index in [1.807, 2.05) is 12.1 Å². The first kappa shape index (κ1) is 15.7. The number of benzene rings is 1. The molecule has 1 saturated heterocycles. The van der Waals surface area contributed by atoms with E-state index in [-0.39, 0.29) is 12.6 Å². The molecule has 0 amide bonds. The van der Waals surface area contributed by atoms with Crippen molar-refractivity contribution in [2.24, 2.45) is 5.41 Å². The van der Waals surface area contributed by atoms with Crippen molar-refractivity contribution in [2.45, 2.75) is 30.6 Å². The number of carbonyl (C=O) groups is 1. The maximum Gasteiger partial charge on any atom is 0.339 e. The number of aliphatic hydroxyl groups excluding tert-OH is 1. The average Bonchev–Trinajstić information content (AvgIpc) is 3.32. The Balaban J connectivity index is 1.82. The van der Waals surface area contributed by atoms with Crippen LogP contribution in [0.1, 0.15) is 36.0 Å². The topological polar surface area (TPSA) is 49.8 Å². The van der Waals surface area contributed by atoms with Crippen molar-refractivity contribution in [3.63, 3.8) is 0 Å². The van der Waals surface area contributed by atoms with E-state index in [2.05, 4.69) is 11.0 Å². The standard InChI is InChI=1S/C17H23NO3S/c1-21-16(20)14-3-2-13(22-11-10-19)12-15(14)18-8-6-17(4-5-17)7-9-18/h2-3,12,19H,4-11H2,1H3. The summed E-state index contributed by atoms with van der Waals surface area (Å²) in [5, 5.41) is 8.99. The van der Waals surface area contributed by atoms with Gasteiger partial charge in [-0.15, -0.1) is 11.8 Å². The number of esters is 1. The first-order valence-electron chi connectivity index (χ1n) is 7.88. The van der Waals surface area contributed by atoms with Gasteiger partial charge in [0, 0.05) is 23.7 Å². The van der Waals surface area contributed by atoms with E-state index in [1.165, 1.54) is 32.8 Å². The summed E-state index contributed by atoms with van der Waals surface area (Å²) in [6.07, 6.45) is 5.19. The lowest BCUT2D eigenvalue weighted by Crippen LogP contribution is -2.35. The lowest BCUT2D eigenvalue weighted by atomic mass is 9.93. The zero-order valence-corrected chi connectivity index (χ0v) is 13.8. The van der Waals surface area contributed by atoms with E-state index < -0.39 is 0 Å². The normalized spacial score (nSPS) is 19.3. The van der Waals surface area contributed by atoms with Crippen LogP contribution >= 0.6 is 11.8 Å². The Labute approximate surface area is 135 Å². The van der Waals surface area contributed by atoms with Gasteiger partial charge in [0.2, 0.25) is 0 Å². The van der Waals surface area contributed by atoms with E-state index >= 15 is 0 Å². The monoisotopic (exact) mass is 321 g/mol. The molecule has 22 heavy (non-hydrogen) atoms. The van der Waals surface area contributed by atoms with E-state index in [4.69, 9.17) is 9.84 Å². The van der Waals surface area contributed by atoms with Crippen LogP contribution in [0, 0.1) is 5.41 Å². The van der Waals surface area contributed by atoms with Gasteiger partial charge < -0.3 is 14.7 Å². The number of ether oxygens (including phenoxy) is 1. The maximum atomic E-state index is 12.0. The van der Waals surface area contributed by atoms with E-state index in [1.54, 1.807) is 11.8 Å². The summed E-state index contributed by atoms with van der Waals surface area (Å²) in [5.41, 5.74) is 2.23. The van der Waals surface area contributed by atoms with Crippen LogP contribution in [0.25, 0.3) is 0 Å². The van der Waals surface area contributed by atoms with Crippen LogP contribution in [0.4, 0.5) is 5.69 Å². The molecule has 1 aliphatic heterocycles. The van der Waals surface area contributed by atoms with Crippen molar-refractivity contribution in [3.05, 3.63) is 23.8 Å². The van der Waals surface area contributed by atoms with Gasteiger partial charge in [0.1, 0.15) is 0 Å². The summed E-state index contributed by atoms with van der Waals surface area (Å²) in [6, 6.07) is 5.85. The van der Waals surface area contributed by atoms with Gasteiger partial charge >= 0.3 is 5.97 Å². The molecule has 2 aliphatic rings. The Morgan fingerprint density at radius 3 is 2.64 bits per heavy atom. The van der Waals surface area contributed by atoms with Gasteiger partial charge in [-0.3, -0.25) is 0 Å². The van der Waals surface area contributed by atoms with Gasteiger partial charge in [-0.25, -0.2) is 4.79 Å². The Morgan fingerprint density at radius 1 is 1.32 bits per heavy atom. The Bertz CT molecular complexity index is 547. The second kappa shape index (κ2) is 6.50. The Morgan fingerprint density at radius 2 is 2.05 bits per heavy atom. The maximum absolute atomic E-state index is 12.0. The predicted octanol–water partition coefficient (Wildman–Crippen LogP) is 2.94. The van der Waals surface area contributed by atoms with Gasteiger partial charge in [-0.05, 0) is 49.3 Å². The number of thioether (sulfide) groups is 1. The predicted molar refractivity (Wildman–Crippen MR) is 88.7 cm³/mol. The SMILES string of the molecule is COC(=O)c1ccc(SCCO)cc1N1CCC2(CC1)CC2. The van der Waals surface area contributed by atoms with Crippen LogP contribution < -0.4 is 4.90 Å². The molecule has 3 rings (SSSR count). The Kier molecular flexibility index (Phi) is 4.64. The minimum absolute atomic E-state index is 0.158. The molecule has 1 heterocycles. The van der Waals surface area contributed by atoms with Gasteiger partial charge in [-0.2, -0.15) is 0 Å². The molecule has 1 aromatic rings. The molecule has 2 fully saturated rings. The summed E-state index contributed by atoms with van der Waals surface area (Å²) in [5.74, 6) is 0.389. The van der Waals surface area contributed by atoms with Crippen LogP contribution in [-0.4, -0.2) is 43.6 Å². The molecule has 0 aromatic heterocycles. The second-order valence-electron chi connectivity index (χ2n) is 6.23. The third kappa shape index (κ3) is 3.25. The molecule has 0 bridgehead atoms. The van der Waals surface area contributed by atoms with Crippen LogP contribution in [0.2, 0.25) is 0 Å². The molecule has 1 N–H and O–H groups in total. The van der Waals surface area contributed by atoms with Gasteiger partial charge in [-0.1, -0.05) is 0 Å². The highest BCUT2D eigenvalue weighted by atomic mass is 32.2. The fourth-order valence-electron chi connectivity index (χ4n) is 3.21. The van der Waals surface area contributed by atoms with E-state index in [0.29, 0.717) is 16.7 Å². The molecule has 0 unspecified atom stereocenters. The first-order chi connectivity index (χ1) is 10.7. The number of hydrogen-bond acceptors (Lipinski definition) is 5. The van der Waals surface area contributed by atoms with Crippen molar-refractivity contribution < 1.29 is 14.6 Å². The highest BCUT2D eigenvalue weighted by Gasteiger charge is 2.44. The zero-order chi connectivity index (χ0) is 15.6. The fourth-order valence-corrected chi connectivity index (χ4v) is 3.89. The van der Waals surface area contributed by atoms with Crippen LogP contribution in [0.15, 0.2) is 23.1 Å². The molecular weight excluding hydrogens is 298 g/mol. The highest BCUT2D eigenvalue weighted by molar-refractivity contribution is 7.99. The minimum Gasteiger partial charge on any atom is -0.465 e. The smallest absolute Gasteiger partial charge is 0.339 e. The molecule has 1 spiro atoms. The van der Waals surface area contributed by atoms with Crippen LogP contribution in [-0.2, 0) is 4.74 Å². The quantitative estimate of drug-likeness (QED) is 0.667. The number of nitrogens with zero attached hydrogens (tertiary/aromatic N) is 1. The summed E-state index contributed by atoms with van der Waals surface area (Å²) in [6.45, 7) is 2.18. The van der Waals surface area contributed by atoms with Crippen molar-refractivity contribution in [2.75, 3.05) is 37.5 Å². The number of anilines is 1. The van der Waals surface area contributed by atoms with Crippen LogP contribution in [0.3, 0.4) is 0 Å². The van der Waals surface area contributed by atoms with E-state index in [0.717, 1.165) is 23.7 Å². The summed E-state index contributed by atoms with van der Waals surface area (Å²) >= 11 is 1.61. The zero-order valence-electron chi connectivity index (χ0n) is 13.0. The molecule has 0 radical (unpaired) electrons. The molecule has 1 aliphatic carbocycles. The number of aliphatic hydroxyl groups is 1. The third-order valence-corrected chi connectivity index (χ3v) is 5.83. The average molecular weight is 321 g/mol. The summed E-state index contributed by atoms with van der Waals surface area (Å²) in [4.78, 5) is 15.5. The number of methoxy groups -OCH3 is 1. The van der Waals surface area contributed by atoms with E-state index in [9.17, 15) is 4.79 Å². The van der Waals surface area contributed by atoms with Gasteiger partial charge in [0.05, 0.1) is 25.0 Å². The van der Waals surface area contributed by atoms with Crippen LogP contribution in [0.5, 0.6) is 0 Å². The number of rotatable bonds is 5. The van der Waals surface area contributed by atoms with Crippen molar-refractivity contribution in [1.82, 2.24) is 0 Å². The molecule has 4 nitrogen and oxygen atoms in total. The first-order valence-corrected chi connectivity index (χ1v) is 8.87. The molecule has 1 aromatic carbocycles. The number of carbonyl (C=O) groups excluding carboxylic acids is 1. The molecular formula is C17H23NO3S. The fraction of sp³-hybridized carbons (Fsp3) is 0.588. The third-order valence-electron chi connectivity index (χ3n) is 4.86. The van der Waals surface area contributed by atoms with Crippen molar-refractivity contribution in [1.29, 1.82) is 0 Å². The summed E-state index contributed by atoms with van der Waals surface area (Å²) in [7, 11) is 1.43. The summed E-state index contributed by atoms with van der Waals surface area (Å²) < 4.78 is 4.93. The lowest BCUT2D eigenvalue weighted by Gasteiger charge is -2.35.